The minimum absolute atomic E-state index is 0.0136. The molecule has 1 N–H and O–H groups in total. The first-order chi connectivity index (χ1) is 14.5. The van der Waals surface area contributed by atoms with E-state index in [0.29, 0.717) is 17.0 Å². The Labute approximate surface area is 173 Å². The highest BCUT2D eigenvalue weighted by Crippen LogP contribution is 2.43. The summed E-state index contributed by atoms with van der Waals surface area (Å²) in [5.41, 5.74) is -0.115. The molecule has 31 heavy (non-hydrogen) atoms. The van der Waals surface area contributed by atoms with Crippen molar-refractivity contribution in [3.05, 3.63) is 95.1 Å². The quantitative estimate of drug-likeness (QED) is 0.405. The Bertz CT molecular complexity index is 1030. The third kappa shape index (κ3) is 5.68. The van der Waals surface area contributed by atoms with Crippen LogP contribution in [-0.4, -0.2) is 6.18 Å². The summed E-state index contributed by atoms with van der Waals surface area (Å²) in [5.74, 6) is -6.04. The van der Waals surface area contributed by atoms with Gasteiger partial charge < -0.3 is 10.1 Å². The SMILES string of the molecule is Fc1cc(F)cc(COc2cccc(NCc3cccc(C(F)(F)C(F)(F)F)c3)c2)c1. The van der Waals surface area contributed by atoms with Crippen LogP contribution in [0.3, 0.4) is 0 Å². The third-order valence-electron chi connectivity index (χ3n) is 4.30. The summed E-state index contributed by atoms with van der Waals surface area (Å²) in [5, 5.41) is 2.91. The number of rotatable bonds is 7. The summed E-state index contributed by atoms with van der Waals surface area (Å²) >= 11 is 0. The van der Waals surface area contributed by atoms with E-state index in [-0.39, 0.29) is 18.7 Å². The van der Waals surface area contributed by atoms with Crippen molar-refractivity contribution in [2.45, 2.75) is 25.3 Å². The minimum Gasteiger partial charge on any atom is -0.489 e. The standard InChI is InChI=1S/C22H16F7NO/c23-17-8-15(9-18(24)10-17)13-31-20-6-2-5-19(11-20)30-12-14-3-1-4-16(7-14)21(25,26)22(27,28)29/h1-11,30H,12-13H2. The van der Waals surface area contributed by atoms with E-state index in [1.807, 2.05) is 0 Å². The molecule has 0 heterocycles. The Morgan fingerprint density at radius 2 is 1.42 bits per heavy atom. The number of nitrogens with one attached hydrogen (secondary N) is 1. The molecule has 0 atom stereocenters. The Balaban J connectivity index is 1.65. The van der Waals surface area contributed by atoms with Gasteiger partial charge in [0.05, 0.1) is 0 Å². The first-order valence-electron chi connectivity index (χ1n) is 9.00. The molecule has 0 saturated heterocycles. The van der Waals surface area contributed by atoms with Gasteiger partial charge in [0.15, 0.2) is 0 Å². The van der Waals surface area contributed by atoms with Crippen LogP contribution in [0.2, 0.25) is 0 Å². The van der Waals surface area contributed by atoms with Crippen molar-refractivity contribution in [2.24, 2.45) is 0 Å². The molecule has 0 radical (unpaired) electrons. The zero-order chi connectivity index (χ0) is 22.6. The number of benzene rings is 3. The number of hydrogen-bond donors (Lipinski definition) is 1. The Hall–Kier alpha value is -3.23. The fraction of sp³-hybridized carbons (Fsp3) is 0.182. The number of halogens is 7. The van der Waals surface area contributed by atoms with Gasteiger partial charge in [-0.05, 0) is 41.5 Å². The summed E-state index contributed by atoms with van der Waals surface area (Å²) in [6.45, 7) is -0.104. The molecule has 0 unspecified atom stereocenters. The molecule has 164 valence electrons. The molecule has 0 aromatic heterocycles. The second-order valence-corrected chi connectivity index (χ2v) is 6.72. The fourth-order valence-corrected chi connectivity index (χ4v) is 2.80. The van der Waals surface area contributed by atoms with Gasteiger partial charge in [0.2, 0.25) is 0 Å². The van der Waals surface area contributed by atoms with Crippen LogP contribution in [-0.2, 0) is 19.1 Å². The highest BCUT2D eigenvalue weighted by molar-refractivity contribution is 5.48. The first-order valence-corrected chi connectivity index (χ1v) is 9.00. The maximum absolute atomic E-state index is 13.5. The van der Waals surface area contributed by atoms with Crippen molar-refractivity contribution in [1.82, 2.24) is 0 Å². The Morgan fingerprint density at radius 1 is 0.742 bits per heavy atom. The highest BCUT2D eigenvalue weighted by atomic mass is 19.4. The molecule has 0 bridgehead atoms. The van der Waals surface area contributed by atoms with Crippen LogP contribution in [0.5, 0.6) is 5.75 Å². The average Bonchev–Trinajstić information content (AvgIpc) is 2.70. The van der Waals surface area contributed by atoms with E-state index in [0.717, 1.165) is 36.4 Å². The van der Waals surface area contributed by atoms with E-state index in [9.17, 15) is 30.7 Å². The molecule has 3 aromatic rings. The number of hydrogen-bond acceptors (Lipinski definition) is 2. The van der Waals surface area contributed by atoms with Crippen molar-refractivity contribution < 1.29 is 35.5 Å². The predicted molar refractivity (Wildman–Crippen MR) is 101 cm³/mol. The van der Waals surface area contributed by atoms with Crippen molar-refractivity contribution >= 4 is 5.69 Å². The summed E-state index contributed by atoms with van der Waals surface area (Å²) in [6.07, 6.45) is -5.69. The number of ether oxygens (including phenoxy) is 1. The Morgan fingerprint density at radius 3 is 2.10 bits per heavy atom. The second kappa shape index (κ2) is 8.87. The molecule has 0 fully saturated rings. The second-order valence-electron chi connectivity index (χ2n) is 6.72. The normalized spacial score (nSPS) is 12.0. The molecule has 0 aliphatic rings. The maximum Gasteiger partial charge on any atom is 0.458 e. The van der Waals surface area contributed by atoms with Crippen LogP contribution in [0.25, 0.3) is 0 Å². The summed E-state index contributed by atoms with van der Waals surface area (Å²) in [4.78, 5) is 0. The lowest BCUT2D eigenvalue weighted by molar-refractivity contribution is -0.289. The molecule has 0 aliphatic heterocycles. The molecule has 0 spiro atoms. The maximum atomic E-state index is 13.5. The van der Waals surface area contributed by atoms with E-state index in [4.69, 9.17) is 4.74 Å². The summed E-state index contributed by atoms with van der Waals surface area (Å²) in [7, 11) is 0. The van der Waals surface area contributed by atoms with Gasteiger partial charge in [0, 0.05) is 29.9 Å². The minimum atomic E-state index is -5.69. The van der Waals surface area contributed by atoms with Crippen LogP contribution in [0, 0.1) is 11.6 Å². The largest absolute Gasteiger partial charge is 0.489 e. The lowest BCUT2D eigenvalue weighted by atomic mass is 10.0. The van der Waals surface area contributed by atoms with Gasteiger partial charge >= 0.3 is 12.1 Å². The summed E-state index contributed by atoms with van der Waals surface area (Å²) in [6, 6.07) is 13.5. The highest BCUT2D eigenvalue weighted by Gasteiger charge is 2.58. The van der Waals surface area contributed by atoms with Gasteiger partial charge in [-0.2, -0.15) is 22.0 Å². The van der Waals surface area contributed by atoms with Gasteiger partial charge in [-0.15, -0.1) is 0 Å². The lowest BCUT2D eigenvalue weighted by Crippen LogP contribution is -2.33. The monoisotopic (exact) mass is 443 g/mol. The molecule has 0 aliphatic carbocycles. The molecule has 3 aromatic carbocycles. The first kappa shape index (κ1) is 22.5. The zero-order valence-corrected chi connectivity index (χ0v) is 15.8. The zero-order valence-electron chi connectivity index (χ0n) is 15.8. The van der Waals surface area contributed by atoms with Crippen molar-refractivity contribution in [1.29, 1.82) is 0 Å². The van der Waals surface area contributed by atoms with E-state index >= 15 is 0 Å². The lowest BCUT2D eigenvalue weighted by Gasteiger charge is -2.20. The van der Waals surface area contributed by atoms with Gasteiger partial charge in [0.1, 0.15) is 24.0 Å². The van der Waals surface area contributed by atoms with Crippen molar-refractivity contribution in [2.75, 3.05) is 5.32 Å². The molecule has 0 amide bonds. The predicted octanol–water partition coefficient (Wildman–Crippen LogP) is 6.81. The van der Waals surface area contributed by atoms with E-state index < -0.39 is 29.3 Å². The van der Waals surface area contributed by atoms with Crippen LogP contribution in [0.1, 0.15) is 16.7 Å². The van der Waals surface area contributed by atoms with Crippen LogP contribution >= 0.6 is 0 Å². The van der Waals surface area contributed by atoms with Crippen LogP contribution in [0.15, 0.2) is 66.7 Å². The van der Waals surface area contributed by atoms with E-state index in [1.165, 1.54) is 6.07 Å². The third-order valence-corrected chi connectivity index (χ3v) is 4.30. The van der Waals surface area contributed by atoms with Gasteiger partial charge in [-0.25, -0.2) is 8.78 Å². The van der Waals surface area contributed by atoms with Crippen LogP contribution in [0.4, 0.5) is 36.4 Å². The smallest absolute Gasteiger partial charge is 0.458 e. The van der Waals surface area contributed by atoms with Crippen molar-refractivity contribution in [3.63, 3.8) is 0 Å². The Kier molecular flexibility index (Phi) is 6.42. The van der Waals surface area contributed by atoms with Gasteiger partial charge in [0.25, 0.3) is 0 Å². The average molecular weight is 443 g/mol. The van der Waals surface area contributed by atoms with E-state index in [1.54, 1.807) is 24.3 Å². The molecule has 0 saturated carbocycles. The molecule has 9 heteroatoms. The number of alkyl halides is 5. The van der Waals surface area contributed by atoms with E-state index in [2.05, 4.69) is 5.32 Å². The fourth-order valence-electron chi connectivity index (χ4n) is 2.80. The summed E-state index contributed by atoms with van der Waals surface area (Å²) < 4.78 is 96.7. The molecular formula is C22H16F7NO. The van der Waals surface area contributed by atoms with Gasteiger partial charge in [-0.1, -0.05) is 24.3 Å². The number of anilines is 1. The molecule has 2 nitrogen and oxygen atoms in total. The molecular weight excluding hydrogens is 427 g/mol. The topological polar surface area (TPSA) is 21.3 Å². The van der Waals surface area contributed by atoms with Crippen molar-refractivity contribution in [3.8, 4) is 5.75 Å². The molecule has 3 rings (SSSR count). The van der Waals surface area contributed by atoms with Gasteiger partial charge in [-0.3, -0.25) is 0 Å². The van der Waals surface area contributed by atoms with Crippen LogP contribution < -0.4 is 10.1 Å².